The van der Waals surface area contributed by atoms with E-state index in [9.17, 15) is 4.79 Å². The molecule has 3 nitrogen and oxygen atoms in total. The zero-order valence-electron chi connectivity index (χ0n) is 9.20. The van der Waals surface area contributed by atoms with Crippen LogP contribution in [0.4, 0.5) is 5.69 Å². The van der Waals surface area contributed by atoms with Gasteiger partial charge in [-0.15, -0.1) is 0 Å². The Labute approximate surface area is 95.6 Å². The van der Waals surface area contributed by atoms with Crippen molar-refractivity contribution >= 4 is 11.6 Å². The van der Waals surface area contributed by atoms with Gasteiger partial charge in [-0.1, -0.05) is 23.8 Å². The zero-order chi connectivity index (χ0) is 11.2. The van der Waals surface area contributed by atoms with Gasteiger partial charge >= 0.3 is 0 Å². The molecule has 2 rings (SSSR count). The van der Waals surface area contributed by atoms with Crippen LogP contribution in [0.15, 0.2) is 42.0 Å². The van der Waals surface area contributed by atoms with Crippen molar-refractivity contribution in [3.63, 3.8) is 0 Å². The van der Waals surface area contributed by atoms with Crippen LogP contribution in [-0.2, 0) is 4.79 Å². The van der Waals surface area contributed by atoms with Crippen LogP contribution in [0.25, 0.3) is 0 Å². The second-order valence-corrected chi connectivity index (χ2v) is 3.91. The maximum Gasteiger partial charge on any atom is 0.248 e. The van der Waals surface area contributed by atoms with Crippen molar-refractivity contribution < 1.29 is 4.79 Å². The maximum atomic E-state index is 11.7. The van der Waals surface area contributed by atoms with E-state index >= 15 is 0 Å². The second kappa shape index (κ2) is 5.47. The van der Waals surface area contributed by atoms with Crippen LogP contribution in [0.5, 0.6) is 0 Å². The van der Waals surface area contributed by atoms with Gasteiger partial charge in [0.25, 0.3) is 0 Å². The zero-order valence-corrected chi connectivity index (χ0v) is 9.20. The van der Waals surface area contributed by atoms with Gasteiger partial charge in [-0.3, -0.25) is 4.79 Å². The minimum atomic E-state index is -0.0249. The molecule has 84 valence electrons. The molecule has 16 heavy (non-hydrogen) atoms. The molecule has 1 saturated heterocycles. The molecule has 0 bridgehead atoms. The number of hydrogen-bond acceptors (Lipinski definition) is 2. The molecule has 0 aliphatic carbocycles. The number of benzene rings is 1. The number of carbonyl (C=O) groups excluding carboxylic acids is 1. The first-order valence-electron chi connectivity index (χ1n) is 5.61. The maximum absolute atomic E-state index is 11.7. The Kier molecular flexibility index (Phi) is 3.72. The molecule has 0 radical (unpaired) electrons. The van der Waals surface area contributed by atoms with Gasteiger partial charge in [0.15, 0.2) is 0 Å². The molecular formula is C13H16N2O. The first-order valence-corrected chi connectivity index (χ1v) is 5.61. The Morgan fingerprint density at radius 1 is 1.19 bits per heavy atom. The predicted octanol–water partition coefficient (Wildman–Crippen LogP) is 1.93. The van der Waals surface area contributed by atoms with Crippen molar-refractivity contribution in [1.29, 1.82) is 0 Å². The predicted molar refractivity (Wildman–Crippen MR) is 65.3 cm³/mol. The third-order valence-corrected chi connectivity index (χ3v) is 2.62. The smallest absolute Gasteiger partial charge is 0.248 e. The highest BCUT2D eigenvalue weighted by atomic mass is 16.1. The quantitative estimate of drug-likeness (QED) is 0.742. The van der Waals surface area contributed by atoms with Crippen LogP contribution >= 0.6 is 0 Å². The van der Waals surface area contributed by atoms with Crippen LogP contribution in [0.2, 0.25) is 0 Å². The first kappa shape index (κ1) is 10.9. The minimum absolute atomic E-state index is 0.0249. The standard InChI is InChI=1S/C13H16N2O/c16-13(10-11-6-8-14-9-7-11)15-12-4-2-1-3-5-12/h1-5,10,14H,6-9H2,(H,15,16). The Morgan fingerprint density at radius 2 is 1.88 bits per heavy atom. The molecular weight excluding hydrogens is 200 g/mol. The summed E-state index contributed by atoms with van der Waals surface area (Å²) in [5, 5.41) is 6.12. The summed E-state index contributed by atoms with van der Waals surface area (Å²) in [5.74, 6) is -0.0249. The fraction of sp³-hybridized carbons (Fsp3) is 0.308. The summed E-state index contributed by atoms with van der Waals surface area (Å²) in [6.07, 6.45) is 3.68. The highest BCUT2D eigenvalue weighted by molar-refractivity contribution is 5.99. The van der Waals surface area contributed by atoms with Crippen molar-refractivity contribution in [3.05, 3.63) is 42.0 Å². The second-order valence-electron chi connectivity index (χ2n) is 3.91. The van der Waals surface area contributed by atoms with Crippen molar-refractivity contribution in [2.45, 2.75) is 12.8 Å². The summed E-state index contributed by atoms with van der Waals surface area (Å²) in [6, 6.07) is 9.53. The fourth-order valence-electron chi connectivity index (χ4n) is 1.78. The molecule has 3 heteroatoms. The third kappa shape index (κ3) is 3.21. The van der Waals surface area contributed by atoms with Gasteiger partial charge in [-0.25, -0.2) is 0 Å². The molecule has 0 aromatic heterocycles. The largest absolute Gasteiger partial charge is 0.323 e. The summed E-state index contributed by atoms with van der Waals surface area (Å²) >= 11 is 0. The third-order valence-electron chi connectivity index (χ3n) is 2.62. The molecule has 0 saturated carbocycles. The highest BCUT2D eigenvalue weighted by Crippen LogP contribution is 2.11. The van der Waals surface area contributed by atoms with E-state index in [-0.39, 0.29) is 5.91 Å². The summed E-state index contributed by atoms with van der Waals surface area (Å²) < 4.78 is 0. The summed E-state index contributed by atoms with van der Waals surface area (Å²) in [4.78, 5) is 11.7. The average molecular weight is 216 g/mol. The Morgan fingerprint density at radius 3 is 2.56 bits per heavy atom. The molecule has 1 amide bonds. The number of anilines is 1. The summed E-state index contributed by atoms with van der Waals surface area (Å²) in [6.45, 7) is 1.95. The van der Waals surface area contributed by atoms with Gasteiger partial charge in [0, 0.05) is 11.8 Å². The van der Waals surface area contributed by atoms with E-state index in [4.69, 9.17) is 0 Å². The van der Waals surface area contributed by atoms with E-state index in [2.05, 4.69) is 10.6 Å². The van der Waals surface area contributed by atoms with E-state index < -0.39 is 0 Å². The van der Waals surface area contributed by atoms with Gasteiger partial charge in [0.1, 0.15) is 0 Å². The van der Waals surface area contributed by atoms with Gasteiger partial charge in [0.05, 0.1) is 0 Å². The van der Waals surface area contributed by atoms with Gasteiger partial charge in [-0.2, -0.15) is 0 Å². The lowest BCUT2D eigenvalue weighted by atomic mass is 10.1. The molecule has 0 atom stereocenters. The number of piperidine rings is 1. The molecule has 1 aliphatic heterocycles. The number of rotatable bonds is 2. The Bertz CT molecular complexity index is 376. The lowest BCUT2D eigenvalue weighted by Gasteiger charge is -2.14. The van der Waals surface area contributed by atoms with Gasteiger partial charge < -0.3 is 10.6 Å². The number of carbonyl (C=O) groups is 1. The van der Waals surface area contributed by atoms with Crippen molar-refractivity contribution in [1.82, 2.24) is 5.32 Å². The Balaban J connectivity index is 1.93. The number of nitrogens with one attached hydrogen (secondary N) is 2. The topological polar surface area (TPSA) is 41.1 Å². The fourth-order valence-corrected chi connectivity index (χ4v) is 1.78. The van der Waals surface area contributed by atoms with Crippen LogP contribution in [0, 0.1) is 0 Å². The molecule has 0 spiro atoms. The molecule has 1 aromatic carbocycles. The molecule has 1 aliphatic rings. The van der Waals surface area contributed by atoms with E-state index in [0.29, 0.717) is 0 Å². The molecule has 1 fully saturated rings. The van der Waals surface area contributed by atoms with E-state index in [1.807, 2.05) is 30.3 Å². The first-order chi connectivity index (χ1) is 7.84. The molecule has 2 N–H and O–H groups in total. The van der Waals surface area contributed by atoms with E-state index in [1.165, 1.54) is 5.57 Å². The SMILES string of the molecule is O=C(C=C1CCNCC1)Nc1ccccc1. The van der Waals surface area contributed by atoms with Crippen molar-refractivity contribution in [3.8, 4) is 0 Å². The van der Waals surface area contributed by atoms with E-state index in [1.54, 1.807) is 6.08 Å². The lowest BCUT2D eigenvalue weighted by molar-refractivity contribution is -0.112. The lowest BCUT2D eigenvalue weighted by Crippen LogP contribution is -2.24. The average Bonchev–Trinajstić information content (AvgIpc) is 2.31. The van der Waals surface area contributed by atoms with Gasteiger partial charge in [-0.05, 0) is 38.1 Å². The van der Waals surface area contributed by atoms with Crippen LogP contribution in [0.1, 0.15) is 12.8 Å². The van der Waals surface area contributed by atoms with Crippen molar-refractivity contribution in [2.75, 3.05) is 18.4 Å². The highest BCUT2D eigenvalue weighted by Gasteiger charge is 2.06. The number of para-hydroxylation sites is 1. The van der Waals surface area contributed by atoms with Gasteiger partial charge in [0.2, 0.25) is 5.91 Å². The Hall–Kier alpha value is -1.61. The molecule has 1 aromatic rings. The van der Waals surface area contributed by atoms with Crippen LogP contribution in [0.3, 0.4) is 0 Å². The normalized spacial score (nSPS) is 15.6. The molecule has 0 unspecified atom stereocenters. The molecule has 1 heterocycles. The summed E-state index contributed by atoms with van der Waals surface area (Å²) in [5.41, 5.74) is 2.07. The van der Waals surface area contributed by atoms with Crippen molar-refractivity contribution in [2.24, 2.45) is 0 Å². The number of amides is 1. The van der Waals surface area contributed by atoms with E-state index in [0.717, 1.165) is 31.6 Å². The van der Waals surface area contributed by atoms with Crippen LogP contribution in [-0.4, -0.2) is 19.0 Å². The summed E-state index contributed by atoms with van der Waals surface area (Å²) in [7, 11) is 0. The van der Waals surface area contributed by atoms with Crippen LogP contribution < -0.4 is 10.6 Å². The monoisotopic (exact) mass is 216 g/mol. The number of hydrogen-bond donors (Lipinski definition) is 2. The minimum Gasteiger partial charge on any atom is -0.323 e.